The van der Waals surface area contributed by atoms with Gasteiger partial charge in [-0.1, -0.05) is 36.4 Å². The third kappa shape index (κ3) is 2.80. The molecular weight excluding hydrogens is 244 g/mol. The van der Waals surface area contributed by atoms with Crippen LogP contribution in [-0.4, -0.2) is 24.0 Å². The van der Waals surface area contributed by atoms with Crippen molar-refractivity contribution in [3.05, 3.63) is 54.1 Å². The van der Waals surface area contributed by atoms with Crippen LogP contribution in [0.5, 0.6) is 0 Å². The van der Waals surface area contributed by atoms with Gasteiger partial charge >= 0.3 is 5.97 Å². The predicted octanol–water partition coefficient (Wildman–Crippen LogP) is 2.48. The van der Waals surface area contributed by atoms with Gasteiger partial charge in [0.1, 0.15) is 5.76 Å². The molecule has 2 aromatic carbocycles. The van der Waals surface area contributed by atoms with Gasteiger partial charge in [0.05, 0.1) is 7.11 Å². The van der Waals surface area contributed by atoms with E-state index >= 15 is 0 Å². The number of carbonyl (C=O) groups is 2. The molecule has 19 heavy (non-hydrogen) atoms. The van der Waals surface area contributed by atoms with E-state index in [9.17, 15) is 14.7 Å². The lowest BCUT2D eigenvalue weighted by Gasteiger charge is -2.03. The van der Waals surface area contributed by atoms with Crippen molar-refractivity contribution in [2.75, 3.05) is 7.11 Å². The van der Waals surface area contributed by atoms with E-state index in [0.717, 1.165) is 24.0 Å². The number of rotatable bonds is 3. The van der Waals surface area contributed by atoms with Gasteiger partial charge in [0.15, 0.2) is 0 Å². The summed E-state index contributed by atoms with van der Waals surface area (Å²) < 4.78 is 4.27. The summed E-state index contributed by atoms with van der Waals surface area (Å²) >= 11 is 0. The second-order valence-electron chi connectivity index (χ2n) is 3.95. The topological polar surface area (TPSA) is 63.6 Å². The van der Waals surface area contributed by atoms with Crippen molar-refractivity contribution in [2.24, 2.45) is 0 Å². The number of carbonyl (C=O) groups excluding carboxylic acids is 2. The zero-order valence-electron chi connectivity index (χ0n) is 10.3. The van der Waals surface area contributed by atoms with Crippen molar-refractivity contribution in [3.8, 4) is 0 Å². The highest BCUT2D eigenvalue weighted by molar-refractivity contribution is 6.39. The van der Waals surface area contributed by atoms with Crippen LogP contribution in [0.25, 0.3) is 16.5 Å². The minimum atomic E-state index is -1.01. The van der Waals surface area contributed by atoms with E-state index in [2.05, 4.69) is 4.74 Å². The van der Waals surface area contributed by atoms with Crippen LogP contribution in [0.3, 0.4) is 0 Å². The number of hydrogen-bond acceptors (Lipinski definition) is 4. The first-order valence-corrected chi connectivity index (χ1v) is 5.64. The lowest BCUT2D eigenvalue weighted by Crippen LogP contribution is -2.13. The third-order valence-electron chi connectivity index (χ3n) is 2.70. The minimum absolute atomic E-state index is 0.263. The van der Waals surface area contributed by atoms with E-state index in [0.29, 0.717) is 5.56 Å². The van der Waals surface area contributed by atoms with Crippen LogP contribution in [0, 0.1) is 0 Å². The number of benzene rings is 2. The van der Waals surface area contributed by atoms with Crippen molar-refractivity contribution in [1.82, 2.24) is 0 Å². The average molecular weight is 256 g/mol. The Labute approximate surface area is 109 Å². The first-order valence-electron chi connectivity index (χ1n) is 5.64. The zero-order valence-corrected chi connectivity index (χ0v) is 10.3. The van der Waals surface area contributed by atoms with Crippen molar-refractivity contribution < 1.29 is 19.4 Å². The monoisotopic (exact) mass is 256 g/mol. The van der Waals surface area contributed by atoms with Gasteiger partial charge in [-0.2, -0.15) is 0 Å². The number of ether oxygens (including phenoxy) is 1. The fourth-order valence-corrected chi connectivity index (χ4v) is 1.72. The van der Waals surface area contributed by atoms with E-state index in [1.165, 1.54) is 0 Å². The highest BCUT2D eigenvalue weighted by atomic mass is 16.5. The molecule has 1 N–H and O–H groups in total. The van der Waals surface area contributed by atoms with Crippen LogP contribution in [0.1, 0.15) is 5.56 Å². The molecule has 2 aromatic rings. The maximum Gasteiger partial charge on any atom is 0.378 e. The van der Waals surface area contributed by atoms with E-state index in [1.54, 1.807) is 12.1 Å². The van der Waals surface area contributed by atoms with Crippen LogP contribution in [0.2, 0.25) is 0 Å². The van der Waals surface area contributed by atoms with E-state index in [1.807, 2.05) is 30.3 Å². The number of hydrogen-bond donors (Lipinski definition) is 1. The second-order valence-corrected chi connectivity index (χ2v) is 3.95. The molecule has 0 bridgehead atoms. The van der Waals surface area contributed by atoms with E-state index < -0.39 is 11.8 Å². The molecule has 0 aliphatic heterocycles. The molecule has 0 amide bonds. The molecule has 0 aliphatic rings. The van der Waals surface area contributed by atoms with Gasteiger partial charge in [0.25, 0.3) is 5.78 Å². The SMILES string of the molecule is COC(=O)C(=O)C=C(O)c1ccc2ccccc2c1. The zero-order chi connectivity index (χ0) is 13.8. The number of aliphatic hydroxyl groups is 1. The molecule has 0 spiro atoms. The Kier molecular flexibility index (Phi) is 3.61. The lowest BCUT2D eigenvalue weighted by atomic mass is 10.1. The summed E-state index contributed by atoms with van der Waals surface area (Å²) in [4.78, 5) is 22.3. The largest absolute Gasteiger partial charge is 0.507 e. The predicted molar refractivity (Wildman–Crippen MR) is 71.6 cm³/mol. The number of ketones is 1. The molecule has 0 saturated carbocycles. The maximum atomic E-state index is 11.3. The van der Waals surface area contributed by atoms with Crippen molar-refractivity contribution in [2.45, 2.75) is 0 Å². The molecule has 0 radical (unpaired) electrons. The van der Waals surface area contributed by atoms with Gasteiger partial charge < -0.3 is 9.84 Å². The average Bonchev–Trinajstić information content (AvgIpc) is 2.45. The Morgan fingerprint density at radius 2 is 1.79 bits per heavy atom. The van der Waals surface area contributed by atoms with Gasteiger partial charge in [-0.25, -0.2) is 4.79 Å². The number of aliphatic hydroxyl groups excluding tert-OH is 1. The Morgan fingerprint density at radius 1 is 1.11 bits per heavy atom. The highest BCUT2D eigenvalue weighted by Gasteiger charge is 2.12. The van der Waals surface area contributed by atoms with Crippen molar-refractivity contribution in [3.63, 3.8) is 0 Å². The Morgan fingerprint density at radius 3 is 2.47 bits per heavy atom. The maximum absolute atomic E-state index is 11.3. The summed E-state index contributed by atoms with van der Waals surface area (Å²) in [7, 11) is 1.11. The van der Waals surface area contributed by atoms with Crippen LogP contribution in [0.15, 0.2) is 48.5 Å². The summed E-state index contributed by atoms with van der Waals surface area (Å²) in [5, 5.41) is 11.8. The first kappa shape index (κ1) is 12.8. The standard InChI is InChI=1S/C15H12O4/c1-19-15(18)14(17)9-13(16)12-7-6-10-4-2-3-5-11(10)8-12/h2-9,16H,1H3. The molecule has 0 fully saturated rings. The molecule has 4 nitrogen and oxygen atoms in total. The van der Waals surface area contributed by atoms with Crippen LogP contribution < -0.4 is 0 Å². The Balaban J connectivity index is 2.36. The molecule has 0 saturated heterocycles. The van der Waals surface area contributed by atoms with Gasteiger partial charge in [-0.3, -0.25) is 4.79 Å². The molecule has 0 aromatic heterocycles. The molecule has 4 heteroatoms. The third-order valence-corrected chi connectivity index (χ3v) is 2.70. The molecule has 96 valence electrons. The molecule has 2 rings (SSSR count). The summed E-state index contributed by atoms with van der Waals surface area (Å²) in [6, 6.07) is 12.9. The summed E-state index contributed by atoms with van der Waals surface area (Å²) in [5.74, 6) is -2.17. The van der Waals surface area contributed by atoms with Gasteiger partial charge in [0, 0.05) is 11.6 Å². The Hall–Kier alpha value is -2.62. The van der Waals surface area contributed by atoms with Gasteiger partial charge in [0.2, 0.25) is 0 Å². The molecule has 0 unspecified atom stereocenters. The van der Waals surface area contributed by atoms with Crippen LogP contribution in [0.4, 0.5) is 0 Å². The number of esters is 1. The molecule has 0 atom stereocenters. The van der Waals surface area contributed by atoms with E-state index in [-0.39, 0.29) is 5.76 Å². The minimum Gasteiger partial charge on any atom is -0.507 e. The summed E-state index contributed by atoms with van der Waals surface area (Å²) in [6.45, 7) is 0. The smallest absolute Gasteiger partial charge is 0.378 e. The van der Waals surface area contributed by atoms with Gasteiger partial charge in [-0.15, -0.1) is 0 Å². The molecular formula is C15H12O4. The number of methoxy groups -OCH3 is 1. The van der Waals surface area contributed by atoms with Crippen molar-refractivity contribution >= 4 is 28.3 Å². The van der Waals surface area contributed by atoms with Crippen LogP contribution in [-0.2, 0) is 14.3 Å². The summed E-state index contributed by atoms with van der Waals surface area (Å²) in [5.41, 5.74) is 0.468. The highest BCUT2D eigenvalue weighted by Crippen LogP contribution is 2.19. The number of fused-ring (bicyclic) bond motifs is 1. The quantitative estimate of drug-likeness (QED) is 0.396. The van der Waals surface area contributed by atoms with Gasteiger partial charge in [-0.05, 0) is 16.8 Å². The fourth-order valence-electron chi connectivity index (χ4n) is 1.72. The normalized spacial score (nSPS) is 11.3. The fraction of sp³-hybridized carbons (Fsp3) is 0.0667. The van der Waals surface area contributed by atoms with E-state index in [4.69, 9.17) is 0 Å². The van der Waals surface area contributed by atoms with Crippen molar-refractivity contribution in [1.29, 1.82) is 0 Å². The second kappa shape index (κ2) is 5.35. The lowest BCUT2D eigenvalue weighted by molar-refractivity contribution is -0.149. The van der Waals surface area contributed by atoms with Crippen LogP contribution >= 0.6 is 0 Å². The summed E-state index contributed by atoms with van der Waals surface area (Å²) in [6.07, 6.45) is 0.857. The Bertz CT molecular complexity index is 671. The molecule has 0 heterocycles. The molecule has 0 aliphatic carbocycles. The first-order chi connectivity index (χ1) is 9.11.